The lowest BCUT2D eigenvalue weighted by atomic mass is 10.0. The summed E-state index contributed by atoms with van der Waals surface area (Å²) >= 11 is 0. The molecule has 5 amide bonds. The summed E-state index contributed by atoms with van der Waals surface area (Å²) in [6, 6.07) is 5.21. The number of hydrogen-bond donors (Lipinski definition) is 8. The van der Waals surface area contributed by atoms with E-state index in [9.17, 15) is 29.2 Å². The Balaban J connectivity index is 2.20. The zero-order chi connectivity index (χ0) is 34.8. The van der Waals surface area contributed by atoms with Crippen molar-refractivity contribution in [1.29, 1.82) is 5.26 Å². The maximum atomic E-state index is 13.5. The molecule has 1 aromatic carbocycles. The molecule has 1 saturated carbocycles. The monoisotopic (exact) mass is 652 g/mol. The van der Waals surface area contributed by atoms with E-state index in [4.69, 9.17) is 22.9 Å². The Morgan fingerprint density at radius 2 is 1.49 bits per heavy atom. The molecule has 47 heavy (non-hydrogen) atoms. The van der Waals surface area contributed by atoms with E-state index >= 15 is 0 Å². The van der Waals surface area contributed by atoms with E-state index in [0.717, 1.165) is 19.3 Å². The summed E-state index contributed by atoms with van der Waals surface area (Å²) in [6.45, 7) is 2.55. The predicted molar refractivity (Wildman–Crippen MR) is 178 cm³/mol. The normalized spacial score (nSPS) is 14.4. The van der Waals surface area contributed by atoms with Gasteiger partial charge in [0.2, 0.25) is 17.7 Å². The van der Waals surface area contributed by atoms with Gasteiger partial charge in [-0.3, -0.25) is 29.0 Å². The number of rotatable bonds is 21. The van der Waals surface area contributed by atoms with Gasteiger partial charge in [0.1, 0.15) is 29.8 Å². The Morgan fingerprint density at radius 3 is 2.04 bits per heavy atom. The summed E-state index contributed by atoms with van der Waals surface area (Å²) < 4.78 is 0. The molecule has 15 nitrogen and oxygen atoms in total. The molecule has 1 aliphatic rings. The summed E-state index contributed by atoms with van der Waals surface area (Å²) in [6.07, 6.45) is 6.93. The molecular formula is C32H48N10O5. The van der Waals surface area contributed by atoms with E-state index < -0.39 is 47.7 Å². The molecule has 0 spiro atoms. The van der Waals surface area contributed by atoms with Crippen LogP contribution in [0.15, 0.2) is 34.8 Å². The number of nitriles is 1. The van der Waals surface area contributed by atoms with Gasteiger partial charge in [0.05, 0.1) is 0 Å². The van der Waals surface area contributed by atoms with Crippen LogP contribution in [0.5, 0.6) is 0 Å². The number of guanidine groups is 1. The highest BCUT2D eigenvalue weighted by Crippen LogP contribution is 2.19. The molecule has 1 aliphatic carbocycles. The number of aliphatic imine (C=N–C) groups is 1. The third-order valence-corrected chi connectivity index (χ3v) is 7.41. The molecule has 0 bridgehead atoms. The number of unbranched alkanes of at least 4 members (excludes halogenated alkanes) is 2. The lowest BCUT2D eigenvalue weighted by Crippen LogP contribution is -2.56. The topological polar surface area (TPSA) is 274 Å². The first-order valence-electron chi connectivity index (χ1n) is 16.0. The van der Waals surface area contributed by atoms with E-state index in [1.165, 1.54) is 18.2 Å². The molecule has 15 heteroatoms. The Labute approximate surface area is 275 Å². The highest BCUT2D eigenvalue weighted by atomic mass is 16.2. The minimum absolute atomic E-state index is 0.0517. The second-order valence-electron chi connectivity index (χ2n) is 11.5. The van der Waals surface area contributed by atoms with Crippen molar-refractivity contribution in [3.63, 3.8) is 0 Å². The van der Waals surface area contributed by atoms with Crippen molar-refractivity contribution in [3.05, 3.63) is 41.0 Å². The van der Waals surface area contributed by atoms with Crippen LogP contribution in [0.25, 0.3) is 6.08 Å². The molecule has 1 aromatic rings. The van der Waals surface area contributed by atoms with Gasteiger partial charge in [-0.25, -0.2) is 0 Å². The first-order valence-corrected chi connectivity index (χ1v) is 16.0. The fourth-order valence-electron chi connectivity index (χ4n) is 4.55. The maximum absolute atomic E-state index is 13.5. The van der Waals surface area contributed by atoms with Crippen molar-refractivity contribution in [2.75, 3.05) is 13.1 Å². The molecule has 0 radical (unpaired) electrons. The molecule has 12 N–H and O–H groups in total. The zero-order valence-corrected chi connectivity index (χ0v) is 26.9. The van der Waals surface area contributed by atoms with E-state index in [1.54, 1.807) is 12.1 Å². The number of nitrogens with one attached hydrogen (secondary N) is 4. The van der Waals surface area contributed by atoms with Crippen LogP contribution in [-0.4, -0.2) is 72.8 Å². The average molecular weight is 653 g/mol. The van der Waals surface area contributed by atoms with Crippen LogP contribution >= 0.6 is 0 Å². The van der Waals surface area contributed by atoms with Crippen molar-refractivity contribution in [2.45, 2.75) is 95.3 Å². The first kappa shape index (κ1) is 38.2. The third kappa shape index (κ3) is 14.3. The summed E-state index contributed by atoms with van der Waals surface area (Å²) in [5.41, 5.74) is 22.7. The molecule has 0 heterocycles. The van der Waals surface area contributed by atoms with Gasteiger partial charge in [0, 0.05) is 18.2 Å². The first-order chi connectivity index (χ1) is 22.5. The van der Waals surface area contributed by atoms with Crippen molar-refractivity contribution in [1.82, 2.24) is 21.3 Å². The Hall–Kier alpha value is -4.97. The quantitative estimate of drug-likeness (QED) is 0.0287. The Morgan fingerprint density at radius 1 is 0.894 bits per heavy atom. The highest BCUT2D eigenvalue weighted by molar-refractivity contribution is 6.02. The van der Waals surface area contributed by atoms with Gasteiger partial charge >= 0.3 is 0 Å². The SMILES string of the molecule is CCCC[C@@H](NC(=O)[C@H](CCCCN)NC(=O)[C@H](CCCN=C(N)N)NC(=O)c1ccc(/C=C(\C#N)C(=O)NC2CC2)cc1)C(N)=O. The number of benzene rings is 1. The molecule has 0 aromatic heterocycles. The lowest BCUT2D eigenvalue weighted by molar-refractivity contribution is -0.132. The lowest BCUT2D eigenvalue weighted by Gasteiger charge is -2.25. The Bertz CT molecular complexity index is 1330. The number of carbonyl (C=O) groups is 5. The van der Waals surface area contributed by atoms with Gasteiger partial charge in [0.25, 0.3) is 11.8 Å². The number of hydrogen-bond acceptors (Lipinski definition) is 8. The molecule has 0 saturated heterocycles. The van der Waals surface area contributed by atoms with Gasteiger partial charge in [-0.05, 0) is 81.7 Å². The standard InChI is InChI=1S/C32H48N10O5/c1-2-3-7-24(27(35)43)40-30(46)25(8-4-5-16-33)42-31(47)26(9-6-17-38-32(36)37)41-28(44)21-12-10-20(11-13-21)18-22(19-34)29(45)39-23-14-15-23/h10-13,18,23-26H,2-9,14-17,33H2,1H3,(H2,35,43)(H,39,45)(H,40,46)(H,41,44)(H,42,47)(H4,36,37,38)/b22-18+/t24-,25+,26+/m1/s1. The summed E-state index contributed by atoms with van der Waals surface area (Å²) in [4.78, 5) is 68.2. The molecule has 0 aliphatic heterocycles. The van der Waals surface area contributed by atoms with E-state index in [-0.39, 0.29) is 42.5 Å². The number of nitrogens with two attached hydrogens (primary N) is 4. The number of primary amides is 1. The fraction of sp³-hybridized carbons (Fsp3) is 0.531. The van der Waals surface area contributed by atoms with Crippen LogP contribution in [0, 0.1) is 11.3 Å². The van der Waals surface area contributed by atoms with Crippen LogP contribution in [-0.2, 0) is 19.2 Å². The summed E-state index contributed by atoms with van der Waals surface area (Å²) in [5, 5.41) is 20.3. The van der Waals surface area contributed by atoms with E-state index in [2.05, 4.69) is 26.3 Å². The van der Waals surface area contributed by atoms with Crippen LogP contribution in [0.1, 0.15) is 87.1 Å². The van der Waals surface area contributed by atoms with Gasteiger partial charge in [-0.2, -0.15) is 5.26 Å². The average Bonchev–Trinajstić information content (AvgIpc) is 3.86. The molecule has 3 atom stereocenters. The van der Waals surface area contributed by atoms with E-state index in [0.29, 0.717) is 44.2 Å². The minimum Gasteiger partial charge on any atom is -0.370 e. The van der Waals surface area contributed by atoms with Crippen molar-refractivity contribution in [3.8, 4) is 6.07 Å². The second kappa shape index (κ2) is 20.2. The highest BCUT2D eigenvalue weighted by Gasteiger charge is 2.29. The van der Waals surface area contributed by atoms with Crippen molar-refractivity contribution in [2.24, 2.45) is 27.9 Å². The summed E-state index contributed by atoms with van der Waals surface area (Å²) in [5.74, 6) is -2.97. The molecule has 0 unspecified atom stereocenters. The van der Waals surface area contributed by atoms with E-state index in [1.807, 2.05) is 13.0 Å². The fourth-order valence-corrected chi connectivity index (χ4v) is 4.55. The van der Waals surface area contributed by atoms with Crippen LogP contribution < -0.4 is 44.2 Å². The molecular weight excluding hydrogens is 604 g/mol. The van der Waals surface area contributed by atoms with Gasteiger partial charge in [-0.15, -0.1) is 0 Å². The number of amides is 5. The van der Waals surface area contributed by atoms with Crippen LogP contribution in [0.2, 0.25) is 0 Å². The largest absolute Gasteiger partial charge is 0.370 e. The smallest absolute Gasteiger partial charge is 0.262 e. The number of nitrogens with zero attached hydrogens (tertiary/aromatic N) is 2. The minimum atomic E-state index is -1.07. The van der Waals surface area contributed by atoms with Gasteiger partial charge in [0.15, 0.2) is 5.96 Å². The third-order valence-electron chi connectivity index (χ3n) is 7.41. The zero-order valence-electron chi connectivity index (χ0n) is 26.9. The van der Waals surface area contributed by atoms with Crippen molar-refractivity contribution < 1.29 is 24.0 Å². The van der Waals surface area contributed by atoms with Gasteiger partial charge in [-0.1, -0.05) is 31.9 Å². The molecule has 256 valence electrons. The molecule has 2 rings (SSSR count). The van der Waals surface area contributed by atoms with Crippen molar-refractivity contribution >= 4 is 41.6 Å². The predicted octanol–water partition coefficient (Wildman–Crippen LogP) is -0.202. The van der Waals surface area contributed by atoms with Crippen LogP contribution in [0.3, 0.4) is 0 Å². The second-order valence-corrected chi connectivity index (χ2v) is 11.5. The Kier molecular flexibility index (Phi) is 16.4. The molecule has 1 fully saturated rings. The van der Waals surface area contributed by atoms with Crippen LogP contribution in [0.4, 0.5) is 0 Å². The van der Waals surface area contributed by atoms with Gasteiger partial charge < -0.3 is 44.2 Å². The summed E-state index contributed by atoms with van der Waals surface area (Å²) in [7, 11) is 0. The number of carbonyl (C=O) groups excluding carboxylic acids is 5. The maximum Gasteiger partial charge on any atom is 0.262 e.